The number of hydrogen-bond donors (Lipinski definition) is 1. The number of benzene rings is 1. The molecular formula is C10H13N3O4S. The van der Waals surface area contributed by atoms with Gasteiger partial charge in [-0.1, -0.05) is 0 Å². The van der Waals surface area contributed by atoms with Crippen molar-refractivity contribution < 1.29 is 13.3 Å². The molecule has 2 N–H and O–H groups in total. The highest BCUT2D eigenvalue weighted by atomic mass is 32.2. The zero-order chi connectivity index (χ0) is 13.3. The molecule has 0 radical (unpaired) electrons. The summed E-state index contributed by atoms with van der Waals surface area (Å²) in [7, 11) is -2.94. The van der Waals surface area contributed by atoms with Crippen molar-refractivity contribution in [1.82, 2.24) is 0 Å². The van der Waals surface area contributed by atoms with E-state index in [4.69, 9.17) is 5.73 Å². The number of nitro benzene ring substituents is 1. The van der Waals surface area contributed by atoms with Gasteiger partial charge in [0.25, 0.3) is 5.69 Å². The van der Waals surface area contributed by atoms with Gasteiger partial charge in [-0.25, -0.2) is 8.42 Å². The van der Waals surface area contributed by atoms with Crippen molar-refractivity contribution in [3.8, 4) is 0 Å². The second kappa shape index (κ2) is 4.45. The number of sulfone groups is 1. The van der Waals surface area contributed by atoms with Crippen LogP contribution in [-0.4, -0.2) is 37.9 Å². The van der Waals surface area contributed by atoms with Gasteiger partial charge in [0.2, 0.25) is 0 Å². The van der Waals surface area contributed by atoms with Crippen molar-refractivity contribution >= 4 is 26.9 Å². The lowest BCUT2D eigenvalue weighted by atomic mass is 10.2. The Labute approximate surface area is 104 Å². The van der Waals surface area contributed by atoms with E-state index in [9.17, 15) is 18.5 Å². The third-order valence-corrected chi connectivity index (χ3v) is 4.53. The van der Waals surface area contributed by atoms with Crippen LogP contribution < -0.4 is 10.6 Å². The molecule has 0 atom stereocenters. The van der Waals surface area contributed by atoms with E-state index in [1.54, 1.807) is 6.07 Å². The zero-order valence-corrected chi connectivity index (χ0v) is 10.4. The molecule has 0 spiro atoms. The second-order valence-electron chi connectivity index (χ2n) is 4.14. The molecule has 1 aromatic rings. The van der Waals surface area contributed by atoms with Crippen LogP contribution in [0, 0.1) is 10.1 Å². The number of anilines is 2. The topological polar surface area (TPSA) is 107 Å². The minimum absolute atomic E-state index is 0.0888. The summed E-state index contributed by atoms with van der Waals surface area (Å²) in [5.74, 6) is 0.202. The van der Waals surface area contributed by atoms with Crippen LogP contribution in [0.25, 0.3) is 0 Å². The monoisotopic (exact) mass is 271 g/mol. The molecule has 1 fully saturated rings. The van der Waals surface area contributed by atoms with Gasteiger partial charge in [-0.3, -0.25) is 10.1 Å². The molecule has 2 rings (SSSR count). The van der Waals surface area contributed by atoms with E-state index in [0.717, 1.165) is 0 Å². The van der Waals surface area contributed by atoms with E-state index in [1.165, 1.54) is 12.1 Å². The largest absolute Gasteiger partial charge is 0.393 e. The van der Waals surface area contributed by atoms with Crippen LogP contribution in [0.5, 0.6) is 0 Å². The molecule has 8 heteroatoms. The number of nitrogens with zero attached hydrogens (tertiary/aromatic N) is 2. The van der Waals surface area contributed by atoms with Gasteiger partial charge in [0.15, 0.2) is 9.84 Å². The van der Waals surface area contributed by atoms with Crippen LogP contribution in [0.3, 0.4) is 0 Å². The van der Waals surface area contributed by atoms with Crippen molar-refractivity contribution in [2.24, 2.45) is 0 Å². The highest BCUT2D eigenvalue weighted by Gasteiger charge is 2.22. The molecule has 98 valence electrons. The Balaban J connectivity index is 2.21. The maximum absolute atomic E-state index is 11.3. The summed E-state index contributed by atoms with van der Waals surface area (Å²) in [5.41, 5.74) is 6.26. The molecule has 1 heterocycles. The summed E-state index contributed by atoms with van der Waals surface area (Å²) in [4.78, 5) is 11.9. The van der Waals surface area contributed by atoms with Gasteiger partial charge in [-0.2, -0.15) is 0 Å². The molecule has 0 saturated carbocycles. The van der Waals surface area contributed by atoms with E-state index in [2.05, 4.69) is 0 Å². The lowest BCUT2D eigenvalue weighted by molar-refractivity contribution is -0.383. The average molecular weight is 271 g/mol. The van der Waals surface area contributed by atoms with Crippen LogP contribution in [-0.2, 0) is 9.84 Å². The maximum atomic E-state index is 11.3. The Morgan fingerprint density at radius 2 is 1.89 bits per heavy atom. The van der Waals surface area contributed by atoms with Crippen molar-refractivity contribution in [3.05, 3.63) is 28.3 Å². The average Bonchev–Trinajstić information content (AvgIpc) is 2.28. The van der Waals surface area contributed by atoms with Crippen LogP contribution in [0.15, 0.2) is 18.2 Å². The van der Waals surface area contributed by atoms with E-state index in [1.807, 2.05) is 4.90 Å². The Kier molecular flexibility index (Phi) is 3.12. The van der Waals surface area contributed by atoms with Crippen LogP contribution in [0.2, 0.25) is 0 Å². The van der Waals surface area contributed by atoms with Gasteiger partial charge in [0.05, 0.1) is 16.4 Å². The van der Waals surface area contributed by atoms with Gasteiger partial charge >= 0.3 is 0 Å². The molecule has 0 amide bonds. The Bertz CT molecular complexity index is 571. The van der Waals surface area contributed by atoms with Crippen LogP contribution in [0.1, 0.15) is 0 Å². The molecule has 1 aliphatic heterocycles. The minimum atomic E-state index is -2.94. The molecule has 0 aliphatic carbocycles. The fourth-order valence-corrected chi connectivity index (χ4v) is 3.08. The molecule has 0 unspecified atom stereocenters. The second-order valence-corrected chi connectivity index (χ2v) is 6.44. The zero-order valence-electron chi connectivity index (χ0n) is 9.57. The normalized spacial score (nSPS) is 18.6. The molecule has 1 saturated heterocycles. The minimum Gasteiger partial charge on any atom is -0.393 e. The third kappa shape index (κ3) is 2.53. The van der Waals surface area contributed by atoms with Crippen molar-refractivity contribution in [2.45, 2.75) is 0 Å². The summed E-state index contributed by atoms with van der Waals surface area (Å²) in [6.07, 6.45) is 0. The highest BCUT2D eigenvalue weighted by Crippen LogP contribution is 2.27. The van der Waals surface area contributed by atoms with Crippen LogP contribution >= 0.6 is 0 Å². The number of nitrogen functional groups attached to an aromatic ring is 1. The summed E-state index contributed by atoms with van der Waals surface area (Å²) in [5, 5.41) is 10.6. The number of rotatable bonds is 2. The van der Waals surface area contributed by atoms with Gasteiger partial charge in [0.1, 0.15) is 5.69 Å². The third-order valence-electron chi connectivity index (χ3n) is 2.92. The summed E-state index contributed by atoms with van der Waals surface area (Å²) >= 11 is 0. The first kappa shape index (κ1) is 12.6. The Morgan fingerprint density at radius 1 is 1.28 bits per heavy atom. The van der Waals surface area contributed by atoms with Crippen molar-refractivity contribution in [2.75, 3.05) is 35.2 Å². The molecule has 7 nitrogen and oxygen atoms in total. The standard InChI is InChI=1S/C10H13N3O4S/c11-9-7-8(1-2-10(9)13(14)15)12-3-5-18(16,17)6-4-12/h1-2,7H,3-6,11H2. The van der Waals surface area contributed by atoms with Gasteiger partial charge in [-0.15, -0.1) is 0 Å². The van der Waals surface area contributed by atoms with E-state index in [0.29, 0.717) is 18.8 Å². The number of nitrogens with two attached hydrogens (primary N) is 1. The molecular weight excluding hydrogens is 258 g/mol. The lowest BCUT2D eigenvalue weighted by Gasteiger charge is -2.28. The van der Waals surface area contributed by atoms with Gasteiger partial charge in [0, 0.05) is 24.8 Å². The summed E-state index contributed by atoms with van der Waals surface area (Å²) in [6, 6.07) is 4.44. The molecule has 0 bridgehead atoms. The fraction of sp³-hybridized carbons (Fsp3) is 0.400. The molecule has 18 heavy (non-hydrogen) atoms. The van der Waals surface area contributed by atoms with Gasteiger partial charge in [-0.05, 0) is 12.1 Å². The van der Waals surface area contributed by atoms with Gasteiger partial charge < -0.3 is 10.6 Å². The number of hydrogen-bond acceptors (Lipinski definition) is 6. The first-order chi connectivity index (χ1) is 8.39. The lowest BCUT2D eigenvalue weighted by Crippen LogP contribution is -2.40. The smallest absolute Gasteiger partial charge is 0.292 e. The van der Waals surface area contributed by atoms with Crippen molar-refractivity contribution in [1.29, 1.82) is 0 Å². The first-order valence-electron chi connectivity index (χ1n) is 5.38. The maximum Gasteiger partial charge on any atom is 0.292 e. The van der Waals surface area contributed by atoms with Crippen LogP contribution in [0.4, 0.5) is 17.1 Å². The predicted molar refractivity (Wildman–Crippen MR) is 68.4 cm³/mol. The highest BCUT2D eigenvalue weighted by molar-refractivity contribution is 7.91. The summed E-state index contributed by atoms with van der Waals surface area (Å²) < 4.78 is 22.6. The van der Waals surface area contributed by atoms with E-state index >= 15 is 0 Å². The fourth-order valence-electron chi connectivity index (χ4n) is 1.88. The summed E-state index contributed by atoms with van der Waals surface area (Å²) in [6.45, 7) is 0.777. The molecule has 0 aromatic heterocycles. The van der Waals surface area contributed by atoms with E-state index in [-0.39, 0.29) is 22.9 Å². The SMILES string of the molecule is Nc1cc(N2CCS(=O)(=O)CC2)ccc1[N+](=O)[O-]. The molecule has 1 aliphatic rings. The Hall–Kier alpha value is -1.83. The van der Waals surface area contributed by atoms with E-state index < -0.39 is 14.8 Å². The number of nitro groups is 1. The predicted octanol–water partition coefficient (Wildman–Crippen LogP) is 0.412. The first-order valence-corrected chi connectivity index (χ1v) is 7.20. The Morgan fingerprint density at radius 3 is 2.39 bits per heavy atom. The molecule has 1 aromatic carbocycles. The quantitative estimate of drug-likeness (QED) is 0.474. The van der Waals surface area contributed by atoms with Crippen molar-refractivity contribution in [3.63, 3.8) is 0 Å².